The molecule has 2 aliphatic heterocycles. The normalized spacial score (nSPS) is 32.8. The van der Waals surface area contributed by atoms with Crippen LogP contribution in [0.5, 0.6) is 0 Å². The number of hydrogen-bond acceptors (Lipinski definition) is 4. The summed E-state index contributed by atoms with van der Waals surface area (Å²) in [5.74, 6) is -0.823. The highest BCUT2D eigenvalue weighted by Gasteiger charge is 2.48. The minimum absolute atomic E-state index is 0.0741. The van der Waals surface area contributed by atoms with E-state index in [9.17, 15) is 14.7 Å². The Labute approximate surface area is 120 Å². The van der Waals surface area contributed by atoms with Crippen LogP contribution in [0.4, 0.5) is 0 Å². The lowest BCUT2D eigenvalue weighted by Crippen LogP contribution is -2.66. The third-order valence-electron chi connectivity index (χ3n) is 4.65. The highest BCUT2D eigenvalue weighted by atomic mass is 16.3. The number of amides is 2. The van der Waals surface area contributed by atoms with Crippen LogP contribution < -0.4 is 5.32 Å². The maximum atomic E-state index is 12.5. The summed E-state index contributed by atoms with van der Waals surface area (Å²) in [6, 6.07) is 0.170. The Kier molecular flexibility index (Phi) is 4.34. The smallest absolute Gasteiger partial charge is 0.228 e. The first-order chi connectivity index (χ1) is 9.32. The van der Waals surface area contributed by atoms with Crippen LogP contribution in [0.1, 0.15) is 20.3 Å². The van der Waals surface area contributed by atoms with E-state index in [4.69, 9.17) is 0 Å². The largest absolute Gasteiger partial charge is 0.393 e. The number of nitrogens with zero attached hydrogens (tertiary/aromatic N) is 2. The number of β-lactam (4-membered cyclic amide) rings is 1. The second kappa shape index (κ2) is 5.69. The summed E-state index contributed by atoms with van der Waals surface area (Å²) >= 11 is 0. The number of aliphatic hydroxyl groups excluding tert-OH is 1. The van der Waals surface area contributed by atoms with Crippen LogP contribution in [0.15, 0.2) is 0 Å². The van der Waals surface area contributed by atoms with Crippen LogP contribution in [-0.2, 0) is 9.59 Å². The average molecular weight is 283 g/mol. The van der Waals surface area contributed by atoms with Gasteiger partial charge in [0.15, 0.2) is 0 Å². The molecule has 0 spiro atoms. The van der Waals surface area contributed by atoms with Crippen LogP contribution in [0, 0.1) is 11.8 Å². The molecule has 0 aromatic rings. The molecule has 2 rings (SSSR count). The maximum absolute atomic E-state index is 12.5. The van der Waals surface area contributed by atoms with Crippen LogP contribution in [0.25, 0.3) is 0 Å². The van der Waals surface area contributed by atoms with Crippen LogP contribution in [0.2, 0.25) is 0 Å². The molecule has 20 heavy (non-hydrogen) atoms. The van der Waals surface area contributed by atoms with E-state index in [1.54, 1.807) is 6.92 Å². The molecule has 2 heterocycles. The fourth-order valence-corrected chi connectivity index (χ4v) is 3.18. The van der Waals surface area contributed by atoms with Crippen LogP contribution in [-0.4, -0.2) is 72.1 Å². The number of nitrogens with one attached hydrogen (secondary N) is 1. The number of hydrogen-bond donors (Lipinski definition) is 2. The number of carbonyl (C=O) groups excluding carboxylic acids is 2. The molecule has 2 amide bonds. The molecule has 6 heteroatoms. The summed E-state index contributed by atoms with van der Waals surface area (Å²) in [4.78, 5) is 28.0. The average Bonchev–Trinajstić information content (AvgIpc) is 2.82. The zero-order chi connectivity index (χ0) is 15.0. The number of aliphatic hydroxyl groups is 1. The standard InChI is InChI=1S/C14H25N3O3/c1-8(12-11(9(2)18)13(19)15-12)14(20)17-6-5-10(7-17)16(3)4/h8-12,18H,5-7H2,1-4H3,(H,15,19)/t8-,9-,10?,11-,12-/m1/s1. The van der Waals surface area contributed by atoms with E-state index in [-0.39, 0.29) is 23.8 Å². The molecule has 0 saturated carbocycles. The molecule has 0 aromatic heterocycles. The molecule has 5 atom stereocenters. The Bertz CT molecular complexity index is 397. The van der Waals surface area contributed by atoms with Crippen molar-refractivity contribution in [2.75, 3.05) is 27.2 Å². The molecule has 0 aromatic carbocycles. The number of likely N-dealkylation sites (N-methyl/N-ethyl adjacent to an activating group) is 1. The Morgan fingerprint density at radius 3 is 2.55 bits per heavy atom. The third-order valence-corrected chi connectivity index (χ3v) is 4.65. The molecule has 114 valence electrons. The highest BCUT2D eigenvalue weighted by Crippen LogP contribution is 2.28. The van der Waals surface area contributed by atoms with Crippen molar-refractivity contribution < 1.29 is 14.7 Å². The Morgan fingerprint density at radius 1 is 1.45 bits per heavy atom. The first-order valence-corrected chi connectivity index (χ1v) is 7.26. The second-order valence-corrected chi connectivity index (χ2v) is 6.28. The van der Waals surface area contributed by atoms with Gasteiger partial charge in [0.2, 0.25) is 11.8 Å². The van der Waals surface area contributed by atoms with Crippen molar-refractivity contribution in [1.82, 2.24) is 15.1 Å². The lowest BCUT2D eigenvalue weighted by Gasteiger charge is -2.42. The maximum Gasteiger partial charge on any atom is 0.228 e. The summed E-state index contributed by atoms with van der Waals surface area (Å²) in [6.45, 7) is 4.96. The molecule has 2 saturated heterocycles. The minimum atomic E-state index is -0.711. The van der Waals surface area contributed by atoms with Crippen molar-refractivity contribution in [3.63, 3.8) is 0 Å². The minimum Gasteiger partial charge on any atom is -0.393 e. The third kappa shape index (κ3) is 2.67. The number of carbonyl (C=O) groups is 2. The summed E-state index contributed by atoms with van der Waals surface area (Å²) < 4.78 is 0. The molecular formula is C14H25N3O3. The molecule has 6 nitrogen and oxygen atoms in total. The SMILES string of the molecule is C[C@@H](O)[C@H]1C(=O)N[C@@H]1[C@@H](C)C(=O)N1CCC(N(C)C)C1. The van der Waals surface area contributed by atoms with Gasteiger partial charge in [0.05, 0.1) is 24.0 Å². The molecule has 2 aliphatic rings. The first-order valence-electron chi connectivity index (χ1n) is 7.26. The fourth-order valence-electron chi connectivity index (χ4n) is 3.18. The van der Waals surface area contributed by atoms with Crippen molar-refractivity contribution in [2.45, 2.75) is 38.5 Å². The van der Waals surface area contributed by atoms with E-state index < -0.39 is 12.0 Å². The first kappa shape index (κ1) is 15.3. The van der Waals surface area contributed by atoms with Gasteiger partial charge in [0.1, 0.15) is 0 Å². The van der Waals surface area contributed by atoms with Crippen molar-refractivity contribution in [3.05, 3.63) is 0 Å². The van der Waals surface area contributed by atoms with Crippen LogP contribution in [0.3, 0.4) is 0 Å². The van der Waals surface area contributed by atoms with Crippen LogP contribution >= 0.6 is 0 Å². The topological polar surface area (TPSA) is 72.9 Å². The van der Waals surface area contributed by atoms with Gasteiger partial charge in [-0.3, -0.25) is 9.59 Å². The zero-order valence-electron chi connectivity index (χ0n) is 12.7. The highest BCUT2D eigenvalue weighted by molar-refractivity contribution is 5.90. The van der Waals surface area contributed by atoms with Crippen molar-refractivity contribution >= 4 is 11.8 Å². The molecule has 0 bridgehead atoms. The monoisotopic (exact) mass is 283 g/mol. The zero-order valence-corrected chi connectivity index (χ0v) is 12.7. The lowest BCUT2D eigenvalue weighted by atomic mass is 9.78. The Balaban J connectivity index is 1.95. The van der Waals surface area contributed by atoms with Gasteiger partial charge in [-0.25, -0.2) is 0 Å². The molecule has 2 fully saturated rings. The Morgan fingerprint density at radius 2 is 2.10 bits per heavy atom. The Hall–Kier alpha value is -1.14. The molecule has 0 radical (unpaired) electrons. The summed E-state index contributed by atoms with van der Waals surface area (Å²) in [5, 5.41) is 12.4. The van der Waals surface area contributed by atoms with Gasteiger partial charge >= 0.3 is 0 Å². The van der Waals surface area contributed by atoms with Gasteiger partial charge < -0.3 is 20.2 Å². The second-order valence-electron chi connectivity index (χ2n) is 6.28. The number of likely N-dealkylation sites (tertiary alicyclic amines) is 1. The van der Waals surface area contributed by atoms with Gasteiger partial charge in [-0.15, -0.1) is 0 Å². The van der Waals surface area contributed by atoms with E-state index >= 15 is 0 Å². The molecule has 1 unspecified atom stereocenters. The van der Waals surface area contributed by atoms with Crippen molar-refractivity contribution in [1.29, 1.82) is 0 Å². The predicted molar refractivity (Wildman–Crippen MR) is 74.9 cm³/mol. The van der Waals surface area contributed by atoms with Crippen molar-refractivity contribution in [3.8, 4) is 0 Å². The van der Waals surface area contributed by atoms with Gasteiger partial charge in [-0.2, -0.15) is 0 Å². The molecule has 2 N–H and O–H groups in total. The van der Waals surface area contributed by atoms with Gasteiger partial charge in [-0.05, 0) is 27.4 Å². The molecular weight excluding hydrogens is 258 g/mol. The van der Waals surface area contributed by atoms with Crippen molar-refractivity contribution in [2.24, 2.45) is 11.8 Å². The van der Waals surface area contributed by atoms with E-state index in [1.807, 2.05) is 25.9 Å². The van der Waals surface area contributed by atoms with Gasteiger partial charge in [0.25, 0.3) is 0 Å². The summed E-state index contributed by atoms with van der Waals surface area (Å²) in [5.41, 5.74) is 0. The fraction of sp³-hybridized carbons (Fsp3) is 0.857. The predicted octanol–water partition coefficient (Wildman–Crippen LogP) is -0.720. The van der Waals surface area contributed by atoms with E-state index in [0.29, 0.717) is 6.04 Å². The van der Waals surface area contributed by atoms with E-state index in [2.05, 4.69) is 10.2 Å². The van der Waals surface area contributed by atoms with E-state index in [0.717, 1.165) is 19.5 Å². The summed E-state index contributed by atoms with van der Waals surface area (Å²) in [7, 11) is 4.05. The quantitative estimate of drug-likeness (QED) is 0.668. The van der Waals surface area contributed by atoms with Gasteiger partial charge in [0, 0.05) is 19.1 Å². The van der Waals surface area contributed by atoms with Gasteiger partial charge in [-0.1, -0.05) is 6.92 Å². The number of rotatable bonds is 4. The molecule has 0 aliphatic carbocycles. The van der Waals surface area contributed by atoms with E-state index in [1.165, 1.54) is 0 Å². The summed E-state index contributed by atoms with van der Waals surface area (Å²) in [6.07, 6.45) is 0.277. The lowest BCUT2D eigenvalue weighted by molar-refractivity contribution is -0.148.